The van der Waals surface area contributed by atoms with Gasteiger partial charge in [-0.3, -0.25) is 4.79 Å². The number of carbonyl (C=O) groups excluding carboxylic acids is 1. The van der Waals surface area contributed by atoms with Crippen LogP contribution in [-0.2, 0) is 11.2 Å². The van der Waals surface area contributed by atoms with Crippen LogP contribution in [0.5, 0.6) is 0 Å². The van der Waals surface area contributed by atoms with Crippen LogP contribution < -0.4 is 11.1 Å². The molecule has 2 atom stereocenters. The van der Waals surface area contributed by atoms with Crippen LogP contribution in [0.2, 0.25) is 0 Å². The molecule has 0 fully saturated rings. The van der Waals surface area contributed by atoms with E-state index in [2.05, 4.69) is 15.5 Å². The summed E-state index contributed by atoms with van der Waals surface area (Å²) in [6.07, 6.45) is 0.577. The summed E-state index contributed by atoms with van der Waals surface area (Å²) >= 11 is 0. The number of amides is 1. The molecule has 0 saturated heterocycles. The third-order valence-corrected chi connectivity index (χ3v) is 3.23. The SMILES string of the molecule is CC(CN)C(=O)NC(C)c1noc(Cc2ccccc2)n1. The van der Waals surface area contributed by atoms with Crippen molar-refractivity contribution in [2.75, 3.05) is 6.54 Å². The topological polar surface area (TPSA) is 94.0 Å². The van der Waals surface area contributed by atoms with Gasteiger partial charge in [0.25, 0.3) is 0 Å². The molecule has 21 heavy (non-hydrogen) atoms. The van der Waals surface area contributed by atoms with Gasteiger partial charge in [0, 0.05) is 12.5 Å². The molecule has 0 bridgehead atoms. The molecule has 6 nitrogen and oxygen atoms in total. The summed E-state index contributed by atoms with van der Waals surface area (Å²) in [5, 5.41) is 6.74. The number of benzene rings is 1. The number of hydrogen-bond donors (Lipinski definition) is 2. The van der Waals surface area contributed by atoms with E-state index in [0.717, 1.165) is 5.56 Å². The van der Waals surface area contributed by atoms with Crippen molar-refractivity contribution >= 4 is 5.91 Å². The zero-order valence-electron chi connectivity index (χ0n) is 12.2. The molecule has 6 heteroatoms. The molecule has 1 amide bonds. The first kappa shape index (κ1) is 15.2. The molecule has 3 N–H and O–H groups in total. The van der Waals surface area contributed by atoms with Crippen LogP contribution in [-0.4, -0.2) is 22.6 Å². The quantitative estimate of drug-likeness (QED) is 0.838. The zero-order chi connectivity index (χ0) is 15.2. The third-order valence-electron chi connectivity index (χ3n) is 3.23. The van der Waals surface area contributed by atoms with Crippen LogP contribution in [0, 0.1) is 5.92 Å². The van der Waals surface area contributed by atoms with E-state index in [1.807, 2.05) is 37.3 Å². The second-order valence-electron chi connectivity index (χ2n) is 5.08. The van der Waals surface area contributed by atoms with Crippen molar-refractivity contribution in [3.63, 3.8) is 0 Å². The van der Waals surface area contributed by atoms with E-state index >= 15 is 0 Å². The van der Waals surface area contributed by atoms with Crippen LogP contribution >= 0.6 is 0 Å². The molecule has 0 spiro atoms. The summed E-state index contributed by atoms with van der Waals surface area (Å²) in [5.74, 6) is 0.658. The minimum absolute atomic E-state index is 0.112. The highest BCUT2D eigenvalue weighted by molar-refractivity contribution is 5.78. The van der Waals surface area contributed by atoms with Gasteiger partial charge in [0.2, 0.25) is 11.8 Å². The van der Waals surface area contributed by atoms with Gasteiger partial charge < -0.3 is 15.6 Å². The van der Waals surface area contributed by atoms with Gasteiger partial charge in [0.15, 0.2) is 5.82 Å². The first-order valence-electron chi connectivity index (χ1n) is 6.97. The lowest BCUT2D eigenvalue weighted by molar-refractivity contribution is -0.124. The van der Waals surface area contributed by atoms with Gasteiger partial charge in [0.05, 0.1) is 12.5 Å². The van der Waals surface area contributed by atoms with Gasteiger partial charge in [-0.15, -0.1) is 0 Å². The summed E-state index contributed by atoms with van der Waals surface area (Å²) in [7, 11) is 0. The second kappa shape index (κ2) is 6.99. The number of rotatable bonds is 6. The highest BCUT2D eigenvalue weighted by Crippen LogP contribution is 2.12. The molecule has 1 heterocycles. The summed E-state index contributed by atoms with van der Waals surface area (Å²) in [6, 6.07) is 9.57. The largest absolute Gasteiger partial charge is 0.346 e. The van der Waals surface area contributed by atoms with E-state index in [4.69, 9.17) is 10.3 Å². The molecule has 1 aromatic heterocycles. The Morgan fingerprint density at radius 3 is 2.71 bits per heavy atom. The van der Waals surface area contributed by atoms with E-state index in [-0.39, 0.29) is 17.9 Å². The Morgan fingerprint density at radius 1 is 1.33 bits per heavy atom. The highest BCUT2D eigenvalue weighted by Gasteiger charge is 2.18. The third kappa shape index (κ3) is 4.13. The number of aromatic nitrogens is 2. The maximum absolute atomic E-state index is 11.8. The molecule has 0 aliphatic carbocycles. The molecule has 0 aliphatic rings. The van der Waals surface area contributed by atoms with E-state index in [1.54, 1.807) is 6.92 Å². The minimum Gasteiger partial charge on any atom is -0.346 e. The summed E-state index contributed by atoms with van der Waals surface area (Å²) < 4.78 is 5.22. The van der Waals surface area contributed by atoms with Gasteiger partial charge in [-0.05, 0) is 12.5 Å². The van der Waals surface area contributed by atoms with Gasteiger partial charge in [-0.2, -0.15) is 4.98 Å². The van der Waals surface area contributed by atoms with Gasteiger partial charge in [-0.1, -0.05) is 42.4 Å². The van der Waals surface area contributed by atoms with Crippen LogP contribution in [0.25, 0.3) is 0 Å². The lowest BCUT2D eigenvalue weighted by Crippen LogP contribution is -2.35. The standard InChI is InChI=1S/C15H20N4O2/c1-10(9-16)15(20)17-11(2)14-18-13(21-19-14)8-12-6-4-3-5-7-12/h3-7,10-11H,8-9,16H2,1-2H3,(H,17,20). The van der Waals surface area contributed by atoms with E-state index < -0.39 is 0 Å². The average Bonchev–Trinajstić information content (AvgIpc) is 2.96. The summed E-state index contributed by atoms with van der Waals surface area (Å²) in [6.45, 7) is 3.90. The van der Waals surface area contributed by atoms with Gasteiger partial charge >= 0.3 is 0 Å². The number of nitrogens with zero attached hydrogens (tertiary/aromatic N) is 2. The van der Waals surface area contributed by atoms with Crippen molar-refractivity contribution in [3.8, 4) is 0 Å². The molecule has 1 aromatic carbocycles. The molecular formula is C15H20N4O2. The van der Waals surface area contributed by atoms with Crippen molar-refractivity contribution in [1.29, 1.82) is 0 Å². The monoisotopic (exact) mass is 288 g/mol. The normalized spacial score (nSPS) is 13.7. The van der Waals surface area contributed by atoms with E-state index in [0.29, 0.717) is 24.7 Å². The molecule has 2 aromatic rings. The fourth-order valence-corrected chi connectivity index (χ4v) is 1.81. The summed E-state index contributed by atoms with van der Waals surface area (Å²) in [4.78, 5) is 16.1. The molecule has 0 aliphatic heterocycles. The van der Waals surface area contributed by atoms with Crippen LogP contribution in [0.1, 0.15) is 37.2 Å². The lowest BCUT2D eigenvalue weighted by Gasteiger charge is -2.13. The fourth-order valence-electron chi connectivity index (χ4n) is 1.81. The van der Waals surface area contributed by atoms with Crippen LogP contribution in [0.15, 0.2) is 34.9 Å². The Bertz CT molecular complexity index is 582. The lowest BCUT2D eigenvalue weighted by atomic mass is 10.1. The van der Waals surface area contributed by atoms with Crippen molar-refractivity contribution in [2.24, 2.45) is 11.7 Å². The fraction of sp³-hybridized carbons (Fsp3) is 0.400. The van der Waals surface area contributed by atoms with Crippen molar-refractivity contribution < 1.29 is 9.32 Å². The van der Waals surface area contributed by atoms with E-state index in [9.17, 15) is 4.79 Å². The molecule has 0 radical (unpaired) electrons. The first-order valence-corrected chi connectivity index (χ1v) is 6.97. The Hall–Kier alpha value is -2.21. The maximum atomic E-state index is 11.8. The predicted molar refractivity (Wildman–Crippen MR) is 78.3 cm³/mol. The summed E-state index contributed by atoms with van der Waals surface area (Å²) in [5.41, 5.74) is 6.57. The first-order chi connectivity index (χ1) is 10.1. The number of nitrogens with one attached hydrogen (secondary N) is 1. The minimum atomic E-state index is -0.306. The Kier molecular flexibility index (Phi) is 5.05. The van der Waals surface area contributed by atoms with Gasteiger partial charge in [-0.25, -0.2) is 0 Å². The molecule has 0 saturated carbocycles. The molecule has 112 valence electrons. The Balaban J connectivity index is 1.97. The Labute approximate surface area is 123 Å². The average molecular weight is 288 g/mol. The van der Waals surface area contributed by atoms with Crippen LogP contribution in [0.3, 0.4) is 0 Å². The maximum Gasteiger partial charge on any atom is 0.231 e. The van der Waals surface area contributed by atoms with Crippen LogP contribution in [0.4, 0.5) is 0 Å². The molecule has 2 rings (SSSR count). The van der Waals surface area contributed by atoms with E-state index in [1.165, 1.54) is 0 Å². The Morgan fingerprint density at radius 2 is 2.05 bits per heavy atom. The second-order valence-corrected chi connectivity index (χ2v) is 5.08. The van der Waals surface area contributed by atoms with Crippen molar-refractivity contribution in [2.45, 2.75) is 26.3 Å². The van der Waals surface area contributed by atoms with Crippen molar-refractivity contribution in [3.05, 3.63) is 47.6 Å². The highest BCUT2D eigenvalue weighted by atomic mass is 16.5. The number of nitrogens with two attached hydrogens (primary N) is 1. The van der Waals surface area contributed by atoms with Crippen molar-refractivity contribution in [1.82, 2.24) is 15.5 Å². The number of hydrogen-bond acceptors (Lipinski definition) is 5. The van der Waals surface area contributed by atoms with Gasteiger partial charge in [0.1, 0.15) is 0 Å². The zero-order valence-corrected chi connectivity index (χ0v) is 12.2. The number of carbonyl (C=O) groups is 1. The smallest absolute Gasteiger partial charge is 0.231 e. The predicted octanol–water partition coefficient (Wildman–Crippen LogP) is 1.43. The molecular weight excluding hydrogens is 268 g/mol. The molecule has 2 unspecified atom stereocenters.